The van der Waals surface area contributed by atoms with Gasteiger partial charge >= 0.3 is 19.8 Å². The van der Waals surface area contributed by atoms with Gasteiger partial charge in [0.05, 0.1) is 12.7 Å². The third-order valence-electron chi connectivity index (χ3n) is 9.21. The zero-order valence-electron chi connectivity index (χ0n) is 34.7. The lowest BCUT2D eigenvalue weighted by Crippen LogP contribution is -2.29. The molecule has 10 heteroatoms. The van der Waals surface area contributed by atoms with E-state index < -0.39 is 32.5 Å². The Morgan fingerprint density at radius 1 is 0.564 bits per heavy atom. The fraction of sp³-hybridized carbons (Fsp3) is 0.733. The predicted molar refractivity (Wildman–Crippen MR) is 227 cm³/mol. The third-order valence-corrected chi connectivity index (χ3v) is 9.69. The van der Waals surface area contributed by atoms with Crippen molar-refractivity contribution in [3.05, 3.63) is 60.8 Å². The number of phosphoric acid groups is 1. The molecular weight excluding hydrogens is 715 g/mol. The topological polar surface area (TPSA) is 140 Å². The number of hydrogen-bond donors (Lipinski definition) is 3. The lowest BCUT2D eigenvalue weighted by Gasteiger charge is -2.18. The molecule has 318 valence electrons. The van der Waals surface area contributed by atoms with Crippen LogP contribution in [0, 0.1) is 0 Å². The Morgan fingerprint density at radius 3 is 1.51 bits per heavy atom. The number of unbranched alkanes of at least 4 members (excludes halogenated alkanes) is 19. The van der Waals surface area contributed by atoms with E-state index in [1.54, 1.807) is 6.08 Å². The molecule has 0 unspecified atom stereocenters. The Hall–Kier alpha value is -2.29. The number of aliphatic hydroxyl groups is 1. The summed E-state index contributed by atoms with van der Waals surface area (Å²) in [4.78, 5) is 42.9. The van der Waals surface area contributed by atoms with E-state index in [-0.39, 0.29) is 25.6 Å². The maximum absolute atomic E-state index is 12.4. The first kappa shape index (κ1) is 52.7. The van der Waals surface area contributed by atoms with E-state index >= 15 is 0 Å². The number of ether oxygens (including phenoxy) is 2. The highest BCUT2D eigenvalue weighted by Gasteiger charge is 2.22. The van der Waals surface area contributed by atoms with Crippen LogP contribution in [0.1, 0.15) is 187 Å². The normalized spacial score (nSPS) is 13.6. The van der Waals surface area contributed by atoms with E-state index in [4.69, 9.17) is 19.3 Å². The molecule has 2 atom stereocenters. The van der Waals surface area contributed by atoms with E-state index in [0.717, 1.165) is 32.1 Å². The largest absolute Gasteiger partial charge is 0.469 e. The predicted octanol–water partition coefficient (Wildman–Crippen LogP) is 12.3. The van der Waals surface area contributed by atoms with Crippen LogP contribution < -0.4 is 0 Å². The maximum Gasteiger partial charge on any atom is 0.469 e. The van der Waals surface area contributed by atoms with Crippen molar-refractivity contribution < 1.29 is 43.0 Å². The average molecular weight is 795 g/mol. The molecule has 0 aliphatic heterocycles. The van der Waals surface area contributed by atoms with Crippen LogP contribution in [-0.2, 0) is 28.2 Å². The van der Waals surface area contributed by atoms with E-state index in [2.05, 4.69) is 35.8 Å². The molecule has 0 spiro atoms. The molecular formula is C45H79O9P. The number of allylic oxidation sites excluding steroid dienone is 9. The van der Waals surface area contributed by atoms with Gasteiger partial charge in [-0.15, -0.1) is 0 Å². The molecule has 0 heterocycles. The van der Waals surface area contributed by atoms with Crippen molar-refractivity contribution in [3.8, 4) is 0 Å². The van der Waals surface area contributed by atoms with Crippen molar-refractivity contribution in [2.45, 2.75) is 199 Å². The number of phosphoric ester groups is 1. The van der Waals surface area contributed by atoms with Crippen LogP contribution in [-0.4, -0.2) is 52.3 Å². The Labute approximate surface area is 335 Å². The molecule has 0 aromatic carbocycles. The number of carbonyl (C=O) groups excluding carboxylic acids is 2. The average Bonchev–Trinajstić information content (AvgIpc) is 3.16. The minimum Gasteiger partial charge on any atom is -0.462 e. The van der Waals surface area contributed by atoms with Gasteiger partial charge in [-0.3, -0.25) is 14.1 Å². The van der Waals surface area contributed by atoms with Gasteiger partial charge in [0.1, 0.15) is 6.61 Å². The Bertz CT molecular complexity index is 1090. The highest BCUT2D eigenvalue weighted by Crippen LogP contribution is 2.36. The summed E-state index contributed by atoms with van der Waals surface area (Å²) in [6.07, 6.45) is 47.6. The summed E-state index contributed by atoms with van der Waals surface area (Å²) in [5.74, 6) is -0.969. The van der Waals surface area contributed by atoms with Gasteiger partial charge in [-0.2, -0.15) is 0 Å². The van der Waals surface area contributed by atoms with Gasteiger partial charge in [-0.05, 0) is 44.9 Å². The fourth-order valence-electron chi connectivity index (χ4n) is 5.83. The highest BCUT2D eigenvalue weighted by atomic mass is 31.2. The lowest BCUT2D eigenvalue weighted by molar-refractivity contribution is -0.161. The molecule has 0 aliphatic rings. The minimum atomic E-state index is -4.78. The van der Waals surface area contributed by atoms with Crippen LogP contribution >= 0.6 is 7.82 Å². The first-order chi connectivity index (χ1) is 26.7. The molecule has 0 aliphatic carbocycles. The number of hydrogen-bond acceptors (Lipinski definition) is 7. The van der Waals surface area contributed by atoms with Crippen molar-refractivity contribution in [2.24, 2.45) is 0 Å². The standard InChI is InChI=1S/C45H79O9P/c1-3-5-6-7-8-9-10-11-12-13-14-15-16-20-23-26-29-32-35-38-44(47)52-40-43(41-53-55(49,50)51)54-45(48)39-36-33-30-27-24-21-18-17-19-22-25-28-31-34-37-42(46)4-2/h18-19,21-22,27-28,30-31,34,37,42-43,46H,3-17,20,23-26,29,32-33,35-36,38-41H2,1-2H3,(H2,49,50,51)/b21-18-,22-19-,30-27-,31-28-,37-34+/t42-,43-/m1/s1. The fourth-order valence-corrected chi connectivity index (χ4v) is 6.19. The van der Waals surface area contributed by atoms with Crippen molar-refractivity contribution in [1.29, 1.82) is 0 Å². The van der Waals surface area contributed by atoms with E-state index in [1.807, 2.05) is 37.3 Å². The van der Waals surface area contributed by atoms with Gasteiger partial charge in [0, 0.05) is 12.8 Å². The summed E-state index contributed by atoms with van der Waals surface area (Å²) in [6.45, 7) is 3.32. The molecule has 0 saturated carbocycles. The molecule has 0 fully saturated rings. The molecule has 0 bridgehead atoms. The maximum atomic E-state index is 12.4. The van der Waals surface area contributed by atoms with Gasteiger partial charge in [-0.25, -0.2) is 4.57 Å². The quantitative estimate of drug-likeness (QED) is 0.0182. The zero-order chi connectivity index (χ0) is 40.5. The number of aliphatic hydroxyl groups excluding tert-OH is 1. The minimum absolute atomic E-state index is 0.119. The second kappa shape index (κ2) is 39.9. The van der Waals surface area contributed by atoms with Crippen LogP contribution in [0.5, 0.6) is 0 Å². The van der Waals surface area contributed by atoms with Gasteiger partial charge in [0.15, 0.2) is 6.10 Å². The molecule has 3 N–H and O–H groups in total. The molecule has 0 saturated heterocycles. The summed E-state index contributed by atoms with van der Waals surface area (Å²) >= 11 is 0. The van der Waals surface area contributed by atoms with Gasteiger partial charge in [0.2, 0.25) is 0 Å². The van der Waals surface area contributed by atoms with Crippen molar-refractivity contribution in [3.63, 3.8) is 0 Å². The Morgan fingerprint density at radius 2 is 1.02 bits per heavy atom. The first-order valence-corrected chi connectivity index (χ1v) is 23.2. The van der Waals surface area contributed by atoms with Crippen LogP contribution in [0.25, 0.3) is 0 Å². The van der Waals surface area contributed by atoms with Crippen LogP contribution in [0.2, 0.25) is 0 Å². The van der Waals surface area contributed by atoms with E-state index in [1.165, 1.54) is 103 Å². The summed E-state index contributed by atoms with van der Waals surface area (Å²) in [6, 6.07) is 0. The third kappa shape index (κ3) is 42.7. The molecule has 0 rings (SSSR count). The summed E-state index contributed by atoms with van der Waals surface area (Å²) < 4.78 is 26.3. The van der Waals surface area contributed by atoms with E-state index in [9.17, 15) is 19.3 Å². The van der Waals surface area contributed by atoms with E-state index in [0.29, 0.717) is 25.7 Å². The molecule has 0 aromatic heterocycles. The van der Waals surface area contributed by atoms with Crippen molar-refractivity contribution in [2.75, 3.05) is 13.2 Å². The smallest absolute Gasteiger partial charge is 0.462 e. The Balaban J connectivity index is 3.99. The second-order valence-electron chi connectivity index (χ2n) is 14.5. The number of carbonyl (C=O) groups is 2. The van der Waals surface area contributed by atoms with Crippen LogP contribution in [0.4, 0.5) is 0 Å². The SMILES string of the molecule is CCCCCCCCCCCCCCCCCCCCCC(=O)OC[C@H](COP(=O)(O)O)OC(=O)CCC/C=C\C/C=C\C/C=C\C/C=C\C=C\[C@H](O)CC. The molecule has 0 radical (unpaired) electrons. The molecule has 0 aromatic rings. The first-order valence-electron chi connectivity index (χ1n) is 21.7. The number of esters is 2. The molecule has 0 amide bonds. The van der Waals surface area contributed by atoms with Crippen molar-refractivity contribution in [1.82, 2.24) is 0 Å². The molecule has 9 nitrogen and oxygen atoms in total. The van der Waals surface area contributed by atoms with Crippen molar-refractivity contribution >= 4 is 19.8 Å². The van der Waals surface area contributed by atoms with Gasteiger partial charge in [0.25, 0.3) is 0 Å². The van der Waals surface area contributed by atoms with Gasteiger partial charge in [-0.1, -0.05) is 190 Å². The summed E-state index contributed by atoms with van der Waals surface area (Å²) in [5, 5.41) is 9.46. The lowest BCUT2D eigenvalue weighted by atomic mass is 10.0. The van der Waals surface area contributed by atoms with Gasteiger partial charge < -0.3 is 24.4 Å². The monoisotopic (exact) mass is 795 g/mol. The molecule has 55 heavy (non-hydrogen) atoms. The number of rotatable bonds is 39. The summed E-state index contributed by atoms with van der Waals surface area (Å²) in [7, 11) is -4.78. The zero-order valence-corrected chi connectivity index (χ0v) is 35.6. The second-order valence-corrected chi connectivity index (χ2v) is 15.7. The van der Waals surface area contributed by atoms with Crippen LogP contribution in [0.3, 0.4) is 0 Å². The van der Waals surface area contributed by atoms with Crippen LogP contribution in [0.15, 0.2) is 60.8 Å². The summed E-state index contributed by atoms with van der Waals surface area (Å²) in [5.41, 5.74) is 0. The Kier molecular flexibility index (Phi) is 38.3. The highest BCUT2D eigenvalue weighted by molar-refractivity contribution is 7.46.